The highest BCUT2D eigenvalue weighted by molar-refractivity contribution is 8.00. The van der Waals surface area contributed by atoms with Crippen molar-refractivity contribution in [3.05, 3.63) is 78.9 Å². The van der Waals surface area contributed by atoms with Gasteiger partial charge in [0.25, 0.3) is 0 Å². The quantitative estimate of drug-likeness (QED) is 0.504. The number of rotatable bonds is 7. The number of hydrogen-bond acceptors (Lipinski definition) is 4. The van der Waals surface area contributed by atoms with Gasteiger partial charge in [-0.2, -0.15) is 0 Å². The standard InChI is InChI=1S/C23H22N2O3S/c1-16(29-22-14-10-18(11-15-22)24-17(2)26)23(27)25-19-8-12-21(13-9-19)28-20-6-4-3-5-7-20/h3-16H,1-2H3,(H,24,26)(H,25,27)/t16-/m0/s1. The van der Waals surface area contributed by atoms with Crippen LogP contribution < -0.4 is 15.4 Å². The molecule has 5 nitrogen and oxygen atoms in total. The second-order valence-corrected chi connectivity index (χ2v) is 7.81. The van der Waals surface area contributed by atoms with E-state index in [1.807, 2.05) is 85.8 Å². The van der Waals surface area contributed by atoms with Crippen LogP contribution in [0.2, 0.25) is 0 Å². The number of anilines is 2. The van der Waals surface area contributed by atoms with Crippen LogP contribution in [0.15, 0.2) is 83.8 Å². The first kappa shape index (κ1) is 20.5. The van der Waals surface area contributed by atoms with Crippen LogP contribution in [-0.4, -0.2) is 17.1 Å². The molecule has 3 aromatic carbocycles. The Morgan fingerprint density at radius 3 is 1.97 bits per heavy atom. The van der Waals surface area contributed by atoms with E-state index in [-0.39, 0.29) is 17.1 Å². The van der Waals surface area contributed by atoms with Gasteiger partial charge >= 0.3 is 0 Å². The van der Waals surface area contributed by atoms with Crippen molar-refractivity contribution in [2.45, 2.75) is 24.0 Å². The van der Waals surface area contributed by atoms with E-state index in [2.05, 4.69) is 10.6 Å². The van der Waals surface area contributed by atoms with E-state index >= 15 is 0 Å². The Kier molecular flexibility index (Phi) is 6.92. The molecule has 2 amide bonds. The number of nitrogens with one attached hydrogen (secondary N) is 2. The van der Waals surface area contributed by atoms with E-state index in [0.29, 0.717) is 11.4 Å². The van der Waals surface area contributed by atoms with Crippen molar-refractivity contribution in [1.29, 1.82) is 0 Å². The molecule has 0 aliphatic carbocycles. The van der Waals surface area contributed by atoms with Crippen LogP contribution in [-0.2, 0) is 9.59 Å². The van der Waals surface area contributed by atoms with E-state index in [1.54, 1.807) is 0 Å². The Hall–Kier alpha value is -3.25. The van der Waals surface area contributed by atoms with Gasteiger partial charge in [0, 0.05) is 23.2 Å². The fraction of sp³-hybridized carbons (Fsp3) is 0.130. The van der Waals surface area contributed by atoms with Gasteiger partial charge < -0.3 is 15.4 Å². The molecule has 0 radical (unpaired) electrons. The normalized spacial score (nSPS) is 11.4. The first-order chi connectivity index (χ1) is 14.0. The third kappa shape index (κ3) is 6.40. The molecule has 0 spiro atoms. The number of ether oxygens (including phenoxy) is 1. The van der Waals surface area contributed by atoms with E-state index in [1.165, 1.54) is 18.7 Å². The van der Waals surface area contributed by atoms with Crippen LogP contribution in [0.3, 0.4) is 0 Å². The van der Waals surface area contributed by atoms with Gasteiger partial charge in [0.1, 0.15) is 11.5 Å². The lowest BCUT2D eigenvalue weighted by atomic mass is 10.3. The van der Waals surface area contributed by atoms with Gasteiger partial charge in [-0.25, -0.2) is 0 Å². The van der Waals surface area contributed by atoms with Crippen molar-refractivity contribution in [2.75, 3.05) is 10.6 Å². The minimum absolute atomic E-state index is 0.0855. The third-order valence-corrected chi connectivity index (χ3v) is 5.07. The minimum Gasteiger partial charge on any atom is -0.457 e. The fourth-order valence-corrected chi connectivity index (χ4v) is 3.42. The van der Waals surface area contributed by atoms with Gasteiger partial charge in [-0.05, 0) is 67.6 Å². The summed E-state index contributed by atoms with van der Waals surface area (Å²) >= 11 is 1.45. The number of thioether (sulfide) groups is 1. The van der Waals surface area contributed by atoms with Crippen LogP contribution >= 0.6 is 11.8 Å². The highest BCUT2D eigenvalue weighted by Crippen LogP contribution is 2.26. The van der Waals surface area contributed by atoms with Gasteiger partial charge in [-0.15, -0.1) is 11.8 Å². The van der Waals surface area contributed by atoms with E-state index < -0.39 is 0 Å². The summed E-state index contributed by atoms with van der Waals surface area (Å²) in [4.78, 5) is 24.5. The predicted octanol–water partition coefficient (Wildman–Crippen LogP) is 5.56. The van der Waals surface area contributed by atoms with Gasteiger partial charge in [0.05, 0.1) is 5.25 Å². The lowest BCUT2D eigenvalue weighted by Crippen LogP contribution is -2.22. The molecule has 0 aliphatic rings. The number of benzene rings is 3. The molecule has 6 heteroatoms. The lowest BCUT2D eigenvalue weighted by molar-refractivity contribution is -0.115. The minimum atomic E-state index is -0.276. The second-order valence-electron chi connectivity index (χ2n) is 6.39. The maximum atomic E-state index is 12.5. The first-order valence-corrected chi connectivity index (χ1v) is 10.1. The molecule has 0 unspecified atom stereocenters. The highest BCUT2D eigenvalue weighted by Gasteiger charge is 2.14. The van der Waals surface area contributed by atoms with Gasteiger partial charge in [-0.3, -0.25) is 9.59 Å². The zero-order valence-electron chi connectivity index (χ0n) is 16.2. The van der Waals surface area contributed by atoms with Crippen molar-refractivity contribution in [1.82, 2.24) is 0 Å². The van der Waals surface area contributed by atoms with E-state index in [0.717, 1.165) is 16.3 Å². The number of hydrogen-bond donors (Lipinski definition) is 2. The lowest BCUT2D eigenvalue weighted by Gasteiger charge is -2.13. The summed E-state index contributed by atoms with van der Waals surface area (Å²) in [6.45, 7) is 3.32. The molecule has 0 aliphatic heterocycles. The Labute approximate surface area is 174 Å². The van der Waals surface area contributed by atoms with Gasteiger partial charge in [0.15, 0.2) is 0 Å². The smallest absolute Gasteiger partial charge is 0.237 e. The Morgan fingerprint density at radius 1 is 0.793 bits per heavy atom. The Balaban J connectivity index is 1.53. The molecule has 148 valence electrons. The Morgan fingerprint density at radius 2 is 1.34 bits per heavy atom. The topological polar surface area (TPSA) is 67.4 Å². The van der Waals surface area contributed by atoms with Crippen molar-refractivity contribution >= 4 is 35.0 Å². The number of para-hydroxylation sites is 1. The molecule has 0 aromatic heterocycles. The average molecular weight is 407 g/mol. The maximum absolute atomic E-state index is 12.5. The molecule has 0 saturated carbocycles. The molecular formula is C23H22N2O3S. The summed E-state index contributed by atoms with van der Waals surface area (Å²) in [5, 5.41) is 5.36. The summed E-state index contributed by atoms with van der Waals surface area (Å²) in [6.07, 6.45) is 0. The molecule has 2 N–H and O–H groups in total. The molecule has 29 heavy (non-hydrogen) atoms. The van der Waals surface area contributed by atoms with E-state index in [9.17, 15) is 9.59 Å². The van der Waals surface area contributed by atoms with Crippen LogP contribution in [0.5, 0.6) is 11.5 Å². The van der Waals surface area contributed by atoms with Gasteiger partial charge in [0.2, 0.25) is 11.8 Å². The van der Waals surface area contributed by atoms with Crippen molar-refractivity contribution < 1.29 is 14.3 Å². The summed E-state index contributed by atoms with van der Waals surface area (Å²) in [5.41, 5.74) is 1.45. The molecule has 0 fully saturated rings. The maximum Gasteiger partial charge on any atom is 0.237 e. The van der Waals surface area contributed by atoms with Crippen LogP contribution in [0.1, 0.15) is 13.8 Å². The molecule has 1 atom stereocenters. The van der Waals surface area contributed by atoms with Crippen molar-refractivity contribution in [3.8, 4) is 11.5 Å². The number of amides is 2. The van der Waals surface area contributed by atoms with Crippen LogP contribution in [0.4, 0.5) is 11.4 Å². The second kappa shape index (κ2) is 9.80. The van der Waals surface area contributed by atoms with Gasteiger partial charge in [-0.1, -0.05) is 18.2 Å². The fourth-order valence-electron chi connectivity index (χ4n) is 2.55. The summed E-state index contributed by atoms with van der Waals surface area (Å²) in [7, 11) is 0. The summed E-state index contributed by atoms with van der Waals surface area (Å²) in [5.74, 6) is 1.27. The van der Waals surface area contributed by atoms with Crippen LogP contribution in [0.25, 0.3) is 0 Å². The first-order valence-electron chi connectivity index (χ1n) is 9.18. The molecule has 0 saturated heterocycles. The molecule has 0 heterocycles. The molecule has 0 bridgehead atoms. The average Bonchev–Trinajstić information content (AvgIpc) is 2.71. The molecule has 3 aromatic rings. The zero-order chi connectivity index (χ0) is 20.6. The highest BCUT2D eigenvalue weighted by atomic mass is 32.2. The SMILES string of the molecule is CC(=O)Nc1ccc(S[C@@H](C)C(=O)Nc2ccc(Oc3ccccc3)cc2)cc1. The predicted molar refractivity (Wildman–Crippen MR) is 118 cm³/mol. The largest absolute Gasteiger partial charge is 0.457 e. The number of carbonyl (C=O) groups excluding carboxylic acids is 2. The summed E-state index contributed by atoms with van der Waals surface area (Å²) < 4.78 is 5.76. The monoisotopic (exact) mass is 406 g/mol. The molecular weight excluding hydrogens is 384 g/mol. The Bertz CT molecular complexity index is 958. The zero-order valence-corrected chi connectivity index (χ0v) is 17.0. The third-order valence-electron chi connectivity index (χ3n) is 3.96. The van der Waals surface area contributed by atoms with Crippen molar-refractivity contribution in [2.24, 2.45) is 0 Å². The summed E-state index contributed by atoms with van der Waals surface area (Å²) in [6, 6.07) is 24.2. The van der Waals surface area contributed by atoms with Crippen LogP contribution in [0, 0.1) is 0 Å². The van der Waals surface area contributed by atoms with Crippen molar-refractivity contribution in [3.63, 3.8) is 0 Å². The number of carbonyl (C=O) groups is 2. The van der Waals surface area contributed by atoms with E-state index in [4.69, 9.17) is 4.74 Å². The molecule has 3 rings (SSSR count).